The molecule has 0 radical (unpaired) electrons. The molecule has 0 aromatic carbocycles. The lowest BCUT2D eigenvalue weighted by atomic mass is 9.97. The Morgan fingerprint density at radius 2 is 2.33 bits per heavy atom. The molecule has 1 N–H and O–H groups in total. The Kier molecular flexibility index (Phi) is 5.20. The van der Waals surface area contributed by atoms with Crippen LogP contribution in [0.3, 0.4) is 0 Å². The normalized spacial score (nSPS) is 17.8. The van der Waals surface area contributed by atoms with Gasteiger partial charge in [-0.15, -0.1) is 11.3 Å². The maximum absolute atomic E-state index is 11.5. The van der Waals surface area contributed by atoms with Gasteiger partial charge in [-0.05, 0) is 37.1 Å². The fourth-order valence-electron chi connectivity index (χ4n) is 2.66. The second-order valence-electron chi connectivity index (χ2n) is 4.72. The monoisotopic (exact) mass is 267 g/mol. The fraction of sp³-hybridized carbons (Fsp3) is 0.643. The van der Waals surface area contributed by atoms with E-state index in [0.29, 0.717) is 25.1 Å². The minimum atomic E-state index is -0.156. The van der Waals surface area contributed by atoms with Gasteiger partial charge in [-0.1, -0.05) is 18.9 Å². The van der Waals surface area contributed by atoms with Crippen molar-refractivity contribution >= 4 is 17.3 Å². The quantitative estimate of drug-likeness (QED) is 0.805. The zero-order valence-corrected chi connectivity index (χ0v) is 11.7. The lowest BCUT2D eigenvalue weighted by Gasteiger charge is -2.23. The summed E-state index contributed by atoms with van der Waals surface area (Å²) in [5.41, 5.74) is 0. The van der Waals surface area contributed by atoms with E-state index in [1.165, 1.54) is 30.6 Å². The van der Waals surface area contributed by atoms with Crippen LogP contribution in [0.15, 0.2) is 17.5 Å². The van der Waals surface area contributed by atoms with Gasteiger partial charge in [-0.2, -0.15) is 0 Å². The highest BCUT2D eigenvalue weighted by molar-refractivity contribution is 7.10. The highest BCUT2D eigenvalue weighted by Crippen LogP contribution is 2.37. The van der Waals surface area contributed by atoms with E-state index in [2.05, 4.69) is 22.8 Å². The molecule has 1 unspecified atom stereocenters. The van der Waals surface area contributed by atoms with Gasteiger partial charge >= 0.3 is 5.97 Å². The number of carbonyl (C=O) groups excluding carboxylic acids is 1. The summed E-state index contributed by atoms with van der Waals surface area (Å²) >= 11 is 1.77. The average molecular weight is 267 g/mol. The molecule has 1 aliphatic carbocycles. The standard InChI is InChI=1S/C14H21NO2S/c1-2-17-13(16)10-15-14(11-6-3-4-7-11)12-8-5-9-18-12/h5,8-9,11,14-15H,2-4,6-7,10H2,1H3. The zero-order valence-electron chi connectivity index (χ0n) is 10.9. The molecule has 1 atom stereocenters. The second-order valence-corrected chi connectivity index (χ2v) is 5.70. The number of esters is 1. The highest BCUT2D eigenvalue weighted by atomic mass is 32.1. The second kappa shape index (κ2) is 6.90. The molecule has 1 fully saturated rings. The summed E-state index contributed by atoms with van der Waals surface area (Å²) in [5.74, 6) is 0.509. The maximum atomic E-state index is 11.5. The minimum absolute atomic E-state index is 0.156. The third-order valence-corrected chi connectivity index (χ3v) is 4.45. The van der Waals surface area contributed by atoms with E-state index in [9.17, 15) is 4.79 Å². The third-order valence-electron chi connectivity index (χ3n) is 3.49. The van der Waals surface area contributed by atoms with Gasteiger partial charge in [-0.3, -0.25) is 10.1 Å². The number of thiophene rings is 1. The Morgan fingerprint density at radius 1 is 1.56 bits per heavy atom. The maximum Gasteiger partial charge on any atom is 0.319 e. The van der Waals surface area contributed by atoms with E-state index >= 15 is 0 Å². The van der Waals surface area contributed by atoms with Crippen LogP contribution in [0.4, 0.5) is 0 Å². The molecule has 0 amide bonds. The number of nitrogens with one attached hydrogen (secondary N) is 1. The van der Waals surface area contributed by atoms with Crippen LogP contribution < -0.4 is 5.32 Å². The first-order valence-corrected chi connectivity index (χ1v) is 7.61. The predicted molar refractivity (Wildman–Crippen MR) is 73.7 cm³/mol. The van der Waals surface area contributed by atoms with Crippen LogP contribution in [0.1, 0.15) is 43.5 Å². The molecule has 1 aliphatic rings. The summed E-state index contributed by atoms with van der Waals surface area (Å²) in [4.78, 5) is 12.8. The van der Waals surface area contributed by atoms with Gasteiger partial charge in [0, 0.05) is 10.9 Å². The average Bonchev–Trinajstić information content (AvgIpc) is 3.02. The first-order valence-electron chi connectivity index (χ1n) is 6.73. The Bertz CT molecular complexity index is 358. The molecule has 4 heteroatoms. The molecular formula is C14H21NO2S. The van der Waals surface area contributed by atoms with E-state index in [4.69, 9.17) is 4.74 Å². The topological polar surface area (TPSA) is 38.3 Å². The summed E-state index contributed by atoms with van der Waals surface area (Å²) in [5, 5.41) is 5.49. The molecule has 1 aromatic heterocycles. The van der Waals surface area contributed by atoms with E-state index < -0.39 is 0 Å². The minimum Gasteiger partial charge on any atom is -0.465 e. The van der Waals surface area contributed by atoms with Crippen molar-refractivity contribution in [2.24, 2.45) is 5.92 Å². The van der Waals surface area contributed by atoms with Crippen molar-refractivity contribution in [3.63, 3.8) is 0 Å². The molecule has 100 valence electrons. The molecule has 2 rings (SSSR count). The van der Waals surface area contributed by atoms with Gasteiger partial charge in [0.05, 0.1) is 13.2 Å². The Labute approximate surface area is 113 Å². The largest absolute Gasteiger partial charge is 0.465 e. The van der Waals surface area contributed by atoms with Crippen molar-refractivity contribution in [3.8, 4) is 0 Å². The Balaban J connectivity index is 1.94. The Hall–Kier alpha value is -0.870. The van der Waals surface area contributed by atoms with Crippen LogP contribution in [-0.2, 0) is 9.53 Å². The molecule has 0 aliphatic heterocycles. The van der Waals surface area contributed by atoms with E-state index in [1.54, 1.807) is 11.3 Å². The molecule has 1 saturated carbocycles. The molecule has 18 heavy (non-hydrogen) atoms. The SMILES string of the molecule is CCOC(=O)CNC(c1cccs1)C1CCCC1. The van der Waals surface area contributed by atoms with Crippen LogP contribution in [0.5, 0.6) is 0 Å². The number of hydrogen-bond donors (Lipinski definition) is 1. The number of hydrogen-bond acceptors (Lipinski definition) is 4. The van der Waals surface area contributed by atoms with Crippen LogP contribution in [0, 0.1) is 5.92 Å². The van der Waals surface area contributed by atoms with E-state index in [1.807, 2.05) is 6.92 Å². The van der Waals surface area contributed by atoms with Crippen molar-refractivity contribution in [2.75, 3.05) is 13.2 Å². The van der Waals surface area contributed by atoms with Crippen LogP contribution >= 0.6 is 11.3 Å². The van der Waals surface area contributed by atoms with Crippen molar-refractivity contribution in [2.45, 2.75) is 38.6 Å². The van der Waals surface area contributed by atoms with Gasteiger partial charge in [0.1, 0.15) is 0 Å². The predicted octanol–water partition coefficient (Wildman–Crippen LogP) is 3.13. The van der Waals surface area contributed by atoms with Crippen molar-refractivity contribution in [1.82, 2.24) is 5.32 Å². The van der Waals surface area contributed by atoms with E-state index in [-0.39, 0.29) is 5.97 Å². The molecule has 1 aromatic rings. The number of carbonyl (C=O) groups is 1. The van der Waals surface area contributed by atoms with Gasteiger partial charge in [-0.25, -0.2) is 0 Å². The number of ether oxygens (including phenoxy) is 1. The van der Waals surface area contributed by atoms with Crippen molar-refractivity contribution < 1.29 is 9.53 Å². The summed E-state index contributed by atoms with van der Waals surface area (Å²) < 4.78 is 4.97. The summed E-state index contributed by atoms with van der Waals surface area (Å²) in [6, 6.07) is 4.55. The molecule has 0 bridgehead atoms. The van der Waals surface area contributed by atoms with Gasteiger partial charge < -0.3 is 4.74 Å². The first kappa shape index (κ1) is 13.6. The molecule has 3 nitrogen and oxygen atoms in total. The smallest absolute Gasteiger partial charge is 0.319 e. The fourth-order valence-corrected chi connectivity index (χ4v) is 3.56. The summed E-state index contributed by atoms with van der Waals surface area (Å²) in [7, 11) is 0. The molecule has 0 spiro atoms. The molecule has 0 saturated heterocycles. The summed E-state index contributed by atoms with van der Waals surface area (Å²) in [6.45, 7) is 2.60. The summed E-state index contributed by atoms with van der Waals surface area (Å²) in [6.07, 6.45) is 5.15. The number of rotatable bonds is 6. The Morgan fingerprint density at radius 3 is 2.94 bits per heavy atom. The van der Waals surface area contributed by atoms with Crippen LogP contribution in [0.25, 0.3) is 0 Å². The first-order chi connectivity index (χ1) is 8.81. The lowest BCUT2D eigenvalue weighted by Crippen LogP contribution is -2.32. The zero-order chi connectivity index (χ0) is 12.8. The van der Waals surface area contributed by atoms with E-state index in [0.717, 1.165) is 0 Å². The highest BCUT2D eigenvalue weighted by Gasteiger charge is 2.27. The van der Waals surface area contributed by atoms with Crippen molar-refractivity contribution in [1.29, 1.82) is 0 Å². The molecule has 1 heterocycles. The lowest BCUT2D eigenvalue weighted by molar-refractivity contribution is -0.142. The molecular weight excluding hydrogens is 246 g/mol. The van der Waals surface area contributed by atoms with Gasteiger partial charge in [0.2, 0.25) is 0 Å². The van der Waals surface area contributed by atoms with Gasteiger partial charge in [0.15, 0.2) is 0 Å². The van der Waals surface area contributed by atoms with Gasteiger partial charge in [0.25, 0.3) is 0 Å². The third kappa shape index (κ3) is 3.56. The van der Waals surface area contributed by atoms with Crippen LogP contribution in [-0.4, -0.2) is 19.1 Å². The van der Waals surface area contributed by atoms with Crippen LogP contribution in [0.2, 0.25) is 0 Å². The van der Waals surface area contributed by atoms with Crippen molar-refractivity contribution in [3.05, 3.63) is 22.4 Å².